The van der Waals surface area contributed by atoms with Crippen molar-refractivity contribution in [2.75, 3.05) is 6.54 Å². The number of nitrogens with one attached hydrogen (secondary N) is 1. The molecule has 0 bridgehead atoms. The van der Waals surface area contributed by atoms with E-state index in [1.807, 2.05) is 24.3 Å². The maximum Gasteiger partial charge on any atom is 0.186 e. The number of rotatable bonds is 7. The number of aromatic nitrogens is 1. The molecule has 2 aromatic carbocycles. The van der Waals surface area contributed by atoms with Crippen LogP contribution in [-0.4, -0.2) is 26.0 Å². The molecule has 3 rings (SSSR count). The van der Waals surface area contributed by atoms with Crippen LogP contribution in [0.4, 0.5) is 0 Å². The van der Waals surface area contributed by atoms with E-state index in [-0.39, 0.29) is 4.90 Å². The van der Waals surface area contributed by atoms with Gasteiger partial charge in [0, 0.05) is 23.1 Å². The molecule has 0 aliphatic heterocycles. The predicted octanol–water partition coefficient (Wildman–Crippen LogP) is 2.75. The quantitative estimate of drug-likeness (QED) is 0.605. The molecule has 5 N–H and O–H groups in total. The molecule has 6 heteroatoms. The van der Waals surface area contributed by atoms with Gasteiger partial charge in [-0.2, -0.15) is 0 Å². The highest BCUT2D eigenvalue weighted by molar-refractivity contribution is 7.91. The number of hydrogen-bond donors (Lipinski definition) is 3. The summed E-state index contributed by atoms with van der Waals surface area (Å²) in [5.41, 5.74) is 13.6. The third-order valence-corrected chi connectivity index (χ3v) is 6.67. The molecule has 2 atom stereocenters. The van der Waals surface area contributed by atoms with Crippen LogP contribution in [0, 0.1) is 0 Å². The first-order chi connectivity index (χ1) is 12.1. The smallest absolute Gasteiger partial charge is 0.186 e. The molecule has 132 valence electrons. The van der Waals surface area contributed by atoms with Gasteiger partial charge < -0.3 is 16.5 Å². The Labute approximate surface area is 148 Å². The molecule has 0 radical (unpaired) electrons. The van der Waals surface area contributed by atoms with E-state index in [0.717, 1.165) is 10.9 Å². The van der Waals surface area contributed by atoms with E-state index in [1.165, 1.54) is 0 Å². The molecule has 1 heterocycles. The molecular weight excluding hydrogens is 334 g/mol. The summed E-state index contributed by atoms with van der Waals surface area (Å²) in [6.45, 7) is 0.486. The van der Waals surface area contributed by atoms with Crippen LogP contribution in [-0.2, 0) is 9.84 Å². The predicted molar refractivity (Wildman–Crippen MR) is 101 cm³/mol. The van der Waals surface area contributed by atoms with Gasteiger partial charge in [-0.1, -0.05) is 36.4 Å². The van der Waals surface area contributed by atoms with Gasteiger partial charge in [-0.15, -0.1) is 0 Å². The van der Waals surface area contributed by atoms with E-state index in [9.17, 15) is 8.42 Å². The number of hydrogen-bond acceptors (Lipinski definition) is 4. The molecule has 0 amide bonds. The summed E-state index contributed by atoms with van der Waals surface area (Å²) in [5, 5.41) is 0.0628. The Bertz CT molecular complexity index is 935. The number of benzene rings is 2. The Morgan fingerprint density at radius 3 is 2.40 bits per heavy atom. The summed E-state index contributed by atoms with van der Waals surface area (Å²) in [5.74, 6) is 0. The van der Waals surface area contributed by atoms with E-state index in [4.69, 9.17) is 11.5 Å². The largest absolute Gasteiger partial charge is 0.361 e. The SMILES string of the molecule is NCCCC(N)C(c1c[nH]c2ccccc12)S(=O)(=O)c1ccccc1. The first-order valence-electron chi connectivity index (χ1n) is 8.36. The van der Waals surface area contributed by atoms with Crippen LogP contribution in [0.15, 0.2) is 65.7 Å². The summed E-state index contributed by atoms with van der Waals surface area (Å²) in [4.78, 5) is 3.44. The van der Waals surface area contributed by atoms with Crippen molar-refractivity contribution < 1.29 is 8.42 Å². The van der Waals surface area contributed by atoms with Crippen LogP contribution in [0.25, 0.3) is 10.9 Å². The van der Waals surface area contributed by atoms with Gasteiger partial charge in [0.1, 0.15) is 5.25 Å². The topological polar surface area (TPSA) is 102 Å². The third-order valence-electron chi connectivity index (χ3n) is 4.46. The highest BCUT2D eigenvalue weighted by Gasteiger charge is 2.35. The molecule has 3 aromatic rings. The lowest BCUT2D eigenvalue weighted by Crippen LogP contribution is -2.34. The molecule has 0 aliphatic rings. The molecule has 0 saturated heterocycles. The molecule has 0 aliphatic carbocycles. The monoisotopic (exact) mass is 357 g/mol. The molecule has 0 saturated carbocycles. The number of nitrogens with two attached hydrogens (primary N) is 2. The minimum absolute atomic E-state index is 0.286. The molecule has 1 aromatic heterocycles. The van der Waals surface area contributed by atoms with Crippen LogP contribution in [0.3, 0.4) is 0 Å². The zero-order valence-electron chi connectivity index (χ0n) is 13.9. The zero-order valence-corrected chi connectivity index (χ0v) is 14.7. The Kier molecular flexibility index (Phi) is 5.22. The van der Waals surface area contributed by atoms with Crippen molar-refractivity contribution in [3.63, 3.8) is 0 Å². The lowest BCUT2D eigenvalue weighted by atomic mass is 10.0. The van der Waals surface area contributed by atoms with Gasteiger partial charge in [0.05, 0.1) is 4.90 Å². The number of H-pyrrole nitrogens is 1. The van der Waals surface area contributed by atoms with Crippen LogP contribution in [0.1, 0.15) is 23.7 Å². The second-order valence-electron chi connectivity index (χ2n) is 6.16. The van der Waals surface area contributed by atoms with Gasteiger partial charge in [0.15, 0.2) is 9.84 Å². The fraction of sp³-hybridized carbons (Fsp3) is 0.263. The van der Waals surface area contributed by atoms with Gasteiger partial charge >= 0.3 is 0 Å². The van der Waals surface area contributed by atoms with Gasteiger partial charge in [0.2, 0.25) is 0 Å². The van der Waals surface area contributed by atoms with Gasteiger partial charge in [-0.3, -0.25) is 0 Å². The molecule has 0 spiro atoms. The van der Waals surface area contributed by atoms with Gasteiger partial charge in [0.25, 0.3) is 0 Å². The number of sulfone groups is 1. The lowest BCUT2D eigenvalue weighted by Gasteiger charge is -2.24. The third kappa shape index (κ3) is 3.46. The molecule has 5 nitrogen and oxygen atoms in total. The zero-order chi connectivity index (χ0) is 17.9. The standard InChI is InChI=1S/C19H23N3O2S/c20-12-6-10-17(21)19(25(23,24)14-7-2-1-3-8-14)16-13-22-18-11-5-4-9-15(16)18/h1-5,7-9,11,13,17,19,22H,6,10,12,20-21H2. The maximum atomic E-state index is 13.4. The van der Waals surface area contributed by atoms with Crippen molar-refractivity contribution in [1.82, 2.24) is 4.98 Å². The summed E-state index contributed by atoms with van der Waals surface area (Å²) in [7, 11) is -3.63. The fourth-order valence-corrected chi connectivity index (χ4v) is 5.17. The minimum Gasteiger partial charge on any atom is -0.361 e. The van der Waals surface area contributed by atoms with Crippen LogP contribution >= 0.6 is 0 Å². The number of para-hydroxylation sites is 1. The van der Waals surface area contributed by atoms with Crippen molar-refractivity contribution in [2.24, 2.45) is 11.5 Å². The first kappa shape index (κ1) is 17.7. The van der Waals surface area contributed by atoms with E-state index in [0.29, 0.717) is 24.9 Å². The maximum absolute atomic E-state index is 13.4. The molecule has 2 unspecified atom stereocenters. The van der Waals surface area contributed by atoms with E-state index in [1.54, 1.807) is 36.5 Å². The highest BCUT2D eigenvalue weighted by atomic mass is 32.2. The molecule has 0 fully saturated rings. The summed E-state index contributed by atoms with van der Waals surface area (Å²) in [6, 6.07) is 15.6. The van der Waals surface area contributed by atoms with Crippen LogP contribution in [0.5, 0.6) is 0 Å². The Morgan fingerprint density at radius 2 is 1.68 bits per heavy atom. The average molecular weight is 357 g/mol. The van der Waals surface area contributed by atoms with Gasteiger partial charge in [-0.25, -0.2) is 8.42 Å². The van der Waals surface area contributed by atoms with E-state index >= 15 is 0 Å². The van der Waals surface area contributed by atoms with Crippen molar-refractivity contribution >= 4 is 20.7 Å². The van der Waals surface area contributed by atoms with E-state index < -0.39 is 21.1 Å². The Morgan fingerprint density at radius 1 is 1.00 bits per heavy atom. The Balaban J connectivity index is 2.13. The van der Waals surface area contributed by atoms with Crippen molar-refractivity contribution in [2.45, 2.75) is 29.0 Å². The van der Waals surface area contributed by atoms with Crippen LogP contribution < -0.4 is 11.5 Å². The summed E-state index contributed by atoms with van der Waals surface area (Å²) >= 11 is 0. The second kappa shape index (κ2) is 7.39. The average Bonchev–Trinajstić information content (AvgIpc) is 3.04. The Hall–Kier alpha value is -2.15. The number of aromatic amines is 1. The van der Waals surface area contributed by atoms with E-state index in [2.05, 4.69) is 4.98 Å². The molecular formula is C19H23N3O2S. The number of fused-ring (bicyclic) bond motifs is 1. The van der Waals surface area contributed by atoms with Crippen molar-refractivity contribution in [3.05, 3.63) is 66.4 Å². The fourth-order valence-electron chi connectivity index (χ4n) is 3.22. The summed E-state index contributed by atoms with van der Waals surface area (Å²) in [6.07, 6.45) is 3.00. The summed E-state index contributed by atoms with van der Waals surface area (Å²) < 4.78 is 26.7. The second-order valence-corrected chi connectivity index (χ2v) is 8.23. The normalized spacial score (nSPS) is 14.5. The highest BCUT2D eigenvalue weighted by Crippen LogP contribution is 2.36. The lowest BCUT2D eigenvalue weighted by molar-refractivity contribution is 0.528. The van der Waals surface area contributed by atoms with Crippen molar-refractivity contribution in [3.8, 4) is 0 Å². The van der Waals surface area contributed by atoms with Gasteiger partial charge in [-0.05, 0) is 43.1 Å². The first-order valence-corrected chi connectivity index (χ1v) is 9.91. The van der Waals surface area contributed by atoms with Crippen LogP contribution in [0.2, 0.25) is 0 Å². The van der Waals surface area contributed by atoms with Crippen molar-refractivity contribution in [1.29, 1.82) is 0 Å². The molecule has 25 heavy (non-hydrogen) atoms. The minimum atomic E-state index is -3.63.